The van der Waals surface area contributed by atoms with Gasteiger partial charge >= 0.3 is 0 Å². The lowest BCUT2D eigenvalue weighted by Gasteiger charge is -2.35. The topological polar surface area (TPSA) is 58.6 Å². The number of carbonyl (C=O) groups excluding carboxylic acids is 1. The number of halogens is 2. The summed E-state index contributed by atoms with van der Waals surface area (Å²) in [5.74, 6) is -0.122. The highest BCUT2D eigenvalue weighted by molar-refractivity contribution is 6.30. The van der Waals surface area contributed by atoms with Crippen LogP contribution in [0.3, 0.4) is 0 Å². The van der Waals surface area contributed by atoms with E-state index >= 15 is 0 Å². The molecule has 1 aliphatic heterocycles. The van der Waals surface area contributed by atoms with Crippen LogP contribution in [0.2, 0.25) is 5.02 Å². The summed E-state index contributed by atoms with van der Waals surface area (Å²) in [6.45, 7) is 0.911. The number of pyridine rings is 2. The summed E-state index contributed by atoms with van der Waals surface area (Å²) in [6, 6.07) is 4.61. The third-order valence-electron chi connectivity index (χ3n) is 3.55. The Morgan fingerprint density at radius 3 is 2.83 bits per heavy atom. The van der Waals surface area contributed by atoms with E-state index in [1.165, 1.54) is 19.4 Å². The molecule has 2 aromatic rings. The van der Waals surface area contributed by atoms with Crippen molar-refractivity contribution in [3.63, 3.8) is 0 Å². The van der Waals surface area contributed by atoms with Crippen LogP contribution in [-0.4, -0.2) is 42.6 Å². The van der Waals surface area contributed by atoms with Gasteiger partial charge in [0.15, 0.2) is 11.6 Å². The summed E-state index contributed by atoms with van der Waals surface area (Å²) in [4.78, 5) is 23.6. The summed E-state index contributed by atoms with van der Waals surface area (Å²) >= 11 is 5.70. The van der Waals surface area contributed by atoms with Crippen molar-refractivity contribution in [1.29, 1.82) is 0 Å². The fourth-order valence-electron chi connectivity index (χ4n) is 2.45. The van der Waals surface area contributed by atoms with E-state index in [1.807, 2.05) is 0 Å². The van der Waals surface area contributed by atoms with Gasteiger partial charge in [0.1, 0.15) is 0 Å². The number of methoxy groups -OCH3 is 1. The number of carbonyl (C=O) groups is 1. The van der Waals surface area contributed by atoms with Gasteiger partial charge in [-0.25, -0.2) is 14.4 Å². The van der Waals surface area contributed by atoms with E-state index in [2.05, 4.69) is 9.97 Å². The fourth-order valence-corrected chi connectivity index (χ4v) is 2.59. The van der Waals surface area contributed by atoms with Gasteiger partial charge in [-0.05, 0) is 12.1 Å². The molecule has 23 heavy (non-hydrogen) atoms. The molecular weight excluding hydrogens is 323 g/mol. The average Bonchev–Trinajstić information content (AvgIpc) is 2.55. The molecule has 120 valence electrons. The molecule has 0 aliphatic carbocycles. The van der Waals surface area contributed by atoms with Gasteiger partial charge in [0, 0.05) is 31.5 Å². The first-order chi connectivity index (χ1) is 11.1. The summed E-state index contributed by atoms with van der Waals surface area (Å²) in [7, 11) is 1.51. The van der Waals surface area contributed by atoms with Crippen LogP contribution in [0.25, 0.3) is 0 Å². The molecule has 0 spiro atoms. The quantitative estimate of drug-likeness (QED) is 0.859. The minimum Gasteiger partial charge on any atom is -0.481 e. The molecule has 0 aromatic carbocycles. The van der Waals surface area contributed by atoms with Gasteiger partial charge in [0.2, 0.25) is 11.8 Å². The van der Waals surface area contributed by atoms with Crippen molar-refractivity contribution in [3.05, 3.63) is 41.4 Å². The van der Waals surface area contributed by atoms with Crippen molar-refractivity contribution in [3.8, 4) is 5.88 Å². The van der Waals surface area contributed by atoms with E-state index in [9.17, 15) is 9.18 Å². The third-order valence-corrected chi connectivity index (χ3v) is 3.75. The lowest BCUT2D eigenvalue weighted by Crippen LogP contribution is -2.51. The first-order valence-corrected chi connectivity index (χ1v) is 7.32. The highest BCUT2D eigenvalue weighted by Crippen LogP contribution is 2.24. The molecule has 8 heteroatoms. The van der Waals surface area contributed by atoms with Crippen LogP contribution < -0.4 is 14.5 Å². The van der Waals surface area contributed by atoms with Crippen molar-refractivity contribution >= 4 is 29.0 Å². The number of anilines is 2. The molecule has 0 bridgehead atoms. The molecule has 2 aromatic heterocycles. The summed E-state index contributed by atoms with van der Waals surface area (Å²) in [5, 5.41) is 0.222. The molecule has 6 nitrogen and oxygen atoms in total. The van der Waals surface area contributed by atoms with E-state index in [1.54, 1.807) is 28.1 Å². The van der Waals surface area contributed by atoms with Gasteiger partial charge in [0.25, 0.3) is 0 Å². The summed E-state index contributed by atoms with van der Waals surface area (Å²) in [5.41, 5.74) is 0.700. The Bertz CT molecular complexity index is 743. The molecule has 1 saturated heterocycles. The Labute approximate surface area is 137 Å². The number of ether oxygens (including phenoxy) is 1. The molecule has 1 aliphatic rings. The first kappa shape index (κ1) is 15.5. The zero-order valence-corrected chi connectivity index (χ0v) is 13.1. The monoisotopic (exact) mass is 336 g/mol. The van der Waals surface area contributed by atoms with Crippen molar-refractivity contribution in [1.82, 2.24) is 9.97 Å². The Morgan fingerprint density at radius 1 is 1.30 bits per heavy atom. The first-order valence-electron chi connectivity index (χ1n) is 6.95. The Balaban J connectivity index is 1.78. The molecule has 1 fully saturated rings. The van der Waals surface area contributed by atoms with Crippen LogP contribution in [0.1, 0.15) is 0 Å². The van der Waals surface area contributed by atoms with E-state index in [0.717, 1.165) is 0 Å². The minimum atomic E-state index is -0.538. The largest absolute Gasteiger partial charge is 0.481 e. The number of nitrogens with zero attached hydrogens (tertiary/aromatic N) is 4. The molecule has 0 saturated carbocycles. The molecule has 0 radical (unpaired) electrons. The highest BCUT2D eigenvalue weighted by Gasteiger charge is 2.27. The molecule has 0 unspecified atom stereocenters. The number of hydrogen-bond acceptors (Lipinski definition) is 5. The summed E-state index contributed by atoms with van der Waals surface area (Å²) < 4.78 is 19.0. The number of piperazine rings is 1. The molecule has 0 atom stereocenters. The minimum absolute atomic E-state index is 0.0379. The lowest BCUT2D eigenvalue weighted by molar-refractivity contribution is -0.117. The molecular formula is C15H14ClFN4O2. The predicted octanol–water partition coefficient (Wildman–Crippen LogP) is 2.13. The van der Waals surface area contributed by atoms with E-state index in [-0.39, 0.29) is 23.3 Å². The molecule has 3 heterocycles. The zero-order chi connectivity index (χ0) is 16.4. The second kappa shape index (κ2) is 6.37. The van der Waals surface area contributed by atoms with Crippen molar-refractivity contribution < 1.29 is 13.9 Å². The maximum atomic E-state index is 13.9. The van der Waals surface area contributed by atoms with Crippen LogP contribution >= 0.6 is 11.6 Å². The van der Waals surface area contributed by atoms with Crippen LogP contribution in [-0.2, 0) is 4.79 Å². The SMILES string of the molecule is COc1cc(N2CCN(c3ncc(Cl)cc3F)CC2=O)ccn1. The molecule has 3 rings (SSSR count). The van der Waals surface area contributed by atoms with Crippen molar-refractivity contribution in [2.24, 2.45) is 0 Å². The third kappa shape index (κ3) is 3.19. The van der Waals surface area contributed by atoms with Crippen LogP contribution in [0.4, 0.5) is 15.9 Å². The number of amides is 1. The fraction of sp³-hybridized carbons (Fsp3) is 0.267. The van der Waals surface area contributed by atoms with Crippen LogP contribution in [0.15, 0.2) is 30.6 Å². The number of aromatic nitrogens is 2. The Morgan fingerprint density at radius 2 is 2.13 bits per heavy atom. The molecule has 1 amide bonds. The van der Waals surface area contributed by atoms with Gasteiger partial charge in [0.05, 0.1) is 24.4 Å². The zero-order valence-electron chi connectivity index (χ0n) is 12.4. The van der Waals surface area contributed by atoms with Gasteiger partial charge < -0.3 is 14.5 Å². The van der Waals surface area contributed by atoms with Gasteiger partial charge in [-0.3, -0.25) is 4.79 Å². The van der Waals surface area contributed by atoms with Crippen molar-refractivity contribution in [2.75, 3.05) is 36.5 Å². The van der Waals surface area contributed by atoms with Crippen LogP contribution in [0, 0.1) is 5.82 Å². The molecule has 0 N–H and O–H groups in total. The smallest absolute Gasteiger partial charge is 0.246 e. The van der Waals surface area contributed by atoms with E-state index < -0.39 is 5.82 Å². The maximum Gasteiger partial charge on any atom is 0.246 e. The average molecular weight is 337 g/mol. The van der Waals surface area contributed by atoms with Crippen molar-refractivity contribution in [2.45, 2.75) is 0 Å². The Hall–Kier alpha value is -2.41. The van der Waals surface area contributed by atoms with Gasteiger partial charge in [-0.15, -0.1) is 0 Å². The van der Waals surface area contributed by atoms with Gasteiger partial charge in [-0.2, -0.15) is 0 Å². The maximum absolute atomic E-state index is 13.9. The standard InChI is InChI=1S/C15H14ClFN4O2/c1-23-13-7-11(2-3-18-13)21-5-4-20(9-14(21)22)15-12(17)6-10(16)8-19-15/h2-3,6-8H,4-5,9H2,1H3. The predicted molar refractivity (Wildman–Crippen MR) is 84.6 cm³/mol. The second-order valence-corrected chi connectivity index (χ2v) is 5.42. The highest BCUT2D eigenvalue weighted by atomic mass is 35.5. The lowest BCUT2D eigenvalue weighted by atomic mass is 10.2. The normalized spacial score (nSPS) is 15.0. The number of hydrogen-bond donors (Lipinski definition) is 0. The van der Waals surface area contributed by atoms with E-state index in [0.29, 0.717) is 24.7 Å². The number of rotatable bonds is 3. The van der Waals surface area contributed by atoms with E-state index in [4.69, 9.17) is 16.3 Å². The van der Waals surface area contributed by atoms with Gasteiger partial charge in [-0.1, -0.05) is 11.6 Å². The van der Waals surface area contributed by atoms with Crippen LogP contribution in [0.5, 0.6) is 5.88 Å². The second-order valence-electron chi connectivity index (χ2n) is 4.98. The Kier molecular flexibility index (Phi) is 4.29. The summed E-state index contributed by atoms with van der Waals surface area (Å²) in [6.07, 6.45) is 2.94.